The van der Waals surface area contributed by atoms with Gasteiger partial charge in [0.05, 0.1) is 0 Å². The number of aromatic nitrogens is 2. The van der Waals surface area contributed by atoms with Crippen LogP contribution in [0.3, 0.4) is 0 Å². The van der Waals surface area contributed by atoms with Gasteiger partial charge in [0.2, 0.25) is 0 Å². The summed E-state index contributed by atoms with van der Waals surface area (Å²) in [5.74, 6) is 3.42. The van der Waals surface area contributed by atoms with Crippen molar-refractivity contribution in [2.24, 2.45) is 0 Å². The van der Waals surface area contributed by atoms with Gasteiger partial charge in [0, 0.05) is 41.0 Å². The van der Waals surface area contributed by atoms with Crippen molar-refractivity contribution in [3.63, 3.8) is 0 Å². The monoisotopic (exact) mass is 282 g/mol. The minimum absolute atomic E-state index is 0.382. The van der Waals surface area contributed by atoms with Gasteiger partial charge in [0.1, 0.15) is 18.0 Å². The summed E-state index contributed by atoms with van der Waals surface area (Å²) < 4.78 is 11.4. The Labute approximate surface area is 117 Å². The summed E-state index contributed by atoms with van der Waals surface area (Å²) in [4.78, 5) is 8.65. The largest absolute Gasteiger partial charge is 0.373 e. The first-order chi connectivity index (χ1) is 9.24. The molecular weight excluding hydrogens is 260 g/mol. The fourth-order valence-electron chi connectivity index (χ4n) is 2.37. The van der Waals surface area contributed by atoms with Crippen LogP contribution in [0.2, 0.25) is 0 Å². The molecule has 0 radical (unpaired) electrons. The molecule has 2 rings (SSSR count). The molecular formula is C13H22N4OS. The van der Waals surface area contributed by atoms with Crippen LogP contribution in [-0.4, -0.2) is 38.8 Å². The molecule has 1 aromatic heterocycles. The summed E-state index contributed by atoms with van der Waals surface area (Å²) in [5, 5.41) is 6.63. The minimum Gasteiger partial charge on any atom is -0.373 e. The lowest BCUT2D eigenvalue weighted by Crippen LogP contribution is -2.30. The second kappa shape index (κ2) is 6.84. The summed E-state index contributed by atoms with van der Waals surface area (Å²) >= 11 is 0. The van der Waals surface area contributed by atoms with Crippen LogP contribution in [-0.2, 0) is 17.2 Å². The van der Waals surface area contributed by atoms with Crippen molar-refractivity contribution in [3.8, 4) is 0 Å². The van der Waals surface area contributed by atoms with Gasteiger partial charge in [-0.15, -0.1) is 0 Å². The van der Waals surface area contributed by atoms with Crippen LogP contribution < -0.4 is 10.6 Å². The molecule has 6 heteroatoms. The molecule has 0 amide bonds. The zero-order valence-corrected chi connectivity index (χ0v) is 12.4. The zero-order chi connectivity index (χ0) is 13.7. The highest BCUT2D eigenvalue weighted by atomic mass is 32.2. The maximum absolute atomic E-state index is 11.4. The lowest BCUT2D eigenvalue weighted by Gasteiger charge is -2.24. The lowest BCUT2D eigenvalue weighted by atomic mass is 10.1. The lowest BCUT2D eigenvalue weighted by molar-refractivity contribution is 0.621. The number of anilines is 2. The van der Waals surface area contributed by atoms with Crippen molar-refractivity contribution in [2.45, 2.75) is 38.6 Å². The highest BCUT2D eigenvalue weighted by Crippen LogP contribution is 2.23. The Hall–Kier alpha value is -1.17. The van der Waals surface area contributed by atoms with Crippen LogP contribution >= 0.6 is 0 Å². The van der Waals surface area contributed by atoms with E-state index < -0.39 is 10.8 Å². The van der Waals surface area contributed by atoms with E-state index in [1.54, 1.807) is 6.33 Å². The van der Waals surface area contributed by atoms with Crippen LogP contribution in [0.1, 0.15) is 31.7 Å². The van der Waals surface area contributed by atoms with Crippen molar-refractivity contribution in [1.82, 2.24) is 9.97 Å². The fraction of sp³-hybridized carbons (Fsp3) is 0.692. The van der Waals surface area contributed by atoms with Gasteiger partial charge >= 0.3 is 0 Å². The van der Waals surface area contributed by atoms with E-state index in [1.807, 2.05) is 7.05 Å². The summed E-state index contributed by atoms with van der Waals surface area (Å²) in [6.45, 7) is 2.15. The van der Waals surface area contributed by atoms with Crippen LogP contribution in [0.4, 0.5) is 11.6 Å². The van der Waals surface area contributed by atoms with Crippen molar-refractivity contribution in [3.05, 3.63) is 11.9 Å². The Morgan fingerprint density at radius 3 is 2.63 bits per heavy atom. The number of nitrogens with zero attached hydrogens (tertiary/aromatic N) is 2. The van der Waals surface area contributed by atoms with E-state index in [9.17, 15) is 4.21 Å². The first kappa shape index (κ1) is 14.2. The van der Waals surface area contributed by atoms with E-state index in [0.717, 1.165) is 54.4 Å². The van der Waals surface area contributed by atoms with Crippen LogP contribution in [0.25, 0.3) is 0 Å². The van der Waals surface area contributed by atoms with Gasteiger partial charge in [-0.3, -0.25) is 4.21 Å². The first-order valence-corrected chi connectivity index (χ1v) is 8.36. The van der Waals surface area contributed by atoms with Gasteiger partial charge < -0.3 is 10.6 Å². The molecule has 2 N–H and O–H groups in total. The molecule has 1 aliphatic rings. The maximum Gasteiger partial charge on any atom is 0.134 e. The fourth-order valence-corrected chi connectivity index (χ4v) is 3.67. The Bertz CT molecular complexity index is 442. The van der Waals surface area contributed by atoms with Gasteiger partial charge in [-0.05, 0) is 19.3 Å². The molecule has 0 aromatic carbocycles. The molecule has 106 valence electrons. The number of hydrogen-bond donors (Lipinski definition) is 2. The number of nitrogens with one attached hydrogen (secondary N) is 2. The van der Waals surface area contributed by atoms with E-state index in [4.69, 9.17) is 0 Å². The zero-order valence-electron chi connectivity index (χ0n) is 11.6. The third kappa shape index (κ3) is 3.65. The Balaban J connectivity index is 2.12. The molecule has 0 saturated carbocycles. The normalized spacial score (nSPS) is 23.1. The number of hydrogen-bond acceptors (Lipinski definition) is 5. The molecule has 2 heterocycles. The first-order valence-electron chi connectivity index (χ1n) is 6.87. The SMILES string of the molecule is CCCc1c(NC)ncnc1NC1CCS(=O)CC1. The van der Waals surface area contributed by atoms with Gasteiger partial charge in [0.25, 0.3) is 0 Å². The van der Waals surface area contributed by atoms with E-state index in [0.29, 0.717) is 6.04 Å². The minimum atomic E-state index is -0.619. The highest BCUT2D eigenvalue weighted by Gasteiger charge is 2.19. The Morgan fingerprint density at radius 1 is 1.32 bits per heavy atom. The predicted molar refractivity (Wildman–Crippen MR) is 80.1 cm³/mol. The van der Waals surface area contributed by atoms with E-state index in [2.05, 4.69) is 27.5 Å². The second-order valence-corrected chi connectivity index (χ2v) is 6.51. The molecule has 1 fully saturated rings. The van der Waals surface area contributed by atoms with Crippen molar-refractivity contribution < 1.29 is 4.21 Å². The summed E-state index contributed by atoms with van der Waals surface area (Å²) in [6.07, 6.45) is 5.52. The van der Waals surface area contributed by atoms with Gasteiger partial charge in [-0.1, -0.05) is 13.3 Å². The van der Waals surface area contributed by atoms with Crippen LogP contribution in [0.5, 0.6) is 0 Å². The van der Waals surface area contributed by atoms with Crippen LogP contribution in [0, 0.1) is 0 Å². The van der Waals surface area contributed by atoms with Crippen LogP contribution in [0.15, 0.2) is 6.33 Å². The second-order valence-electron chi connectivity index (χ2n) is 4.82. The van der Waals surface area contributed by atoms with Gasteiger partial charge in [-0.25, -0.2) is 9.97 Å². The van der Waals surface area contributed by atoms with E-state index >= 15 is 0 Å². The molecule has 0 bridgehead atoms. The van der Waals surface area contributed by atoms with Gasteiger partial charge in [-0.2, -0.15) is 0 Å². The standard InChI is InChI=1S/C13H22N4OS/c1-3-4-11-12(14-2)15-9-16-13(11)17-10-5-7-19(18)8-6-10/h9-10H,3-8H2,1-2H3,(H2,14,15,16,17). The topological polar surface area (TPSA) is 66.9 Å². The van der Waals surface area contributed by atoms with Gasteiger partial charge in [0.15, 0.2) is 0 Å². The van der Waals surface area contributed by atoms with E-state index in [1.165, 1.54) is 0 Å². The molecule has 1 aromatic rings. The smallest absolute Gasteiger partial charge is 0.134 e. The summed E-state index contributed by atoms with van der Waals surface area (Å²) in [7, 11) is 1.27. The molecule has 19 heavy (non-hydrogen) atoms. The van der Waals surface area contributed by atoms with E-state index in [-0.39, 0.29) is 0 Å². The van der Waals surface area contributed by atoms with Crippen molar-refractivity contribution in [1.29, 1.82) is 0 Å². The molecule has 1 saturated heterocycles. The third-order valence-electron chi connectivity index (χ3n) is 3.41. The molecule has 5 nitrogen and oxygen atoms in total. The highest BCUT2D eigenvalue weighted by molar-refractivity contribution is 7.85. The Kier molecular flexibility index (Phi) is 5.13. The third-order valence-corrected chi connectivity index (χ3v) is 4.79. The average molecular weight is 282 g/mol. The molecule has 0 unspecified atom stereocenters. The average Bonchev–Trinajstić information content (AvgIpc) is 2.43. The Morgan fingerprint density at radius 2 is 2.00 bits per heavy atom. The van der Waals surface area contributed by atoms with Crippen molar-refractivity contribution >= 4 is 22.4 Å². The summed E-state index contributed by atoms with van der Waals surface area (Å²) in [6, 6.07) is 0.382. The maximum atomic E-state index is 11.4. The quantitative estimate of drug-likeness (QED) is 0.862. The number of rotatable bonds is 5. The van der Waals surface area contributed by atoms with Crippen molar-refractivity contribution in [2.75, 3.05) is 29.2 Å². The predicted octanol–water partition coefficient (Wildman–Crippen LogP) is 1.79. The molecule has 0 aliphatic carbocycles. The molecule has 0 atom stereocenters. The molecule has 1 aliphatic heterocycles. The molecule has 0 spiro atoms. The summed E-state index contributed by atoms with van der Waals surface area (Å²) in [5.41, 5.74) is 1.15.